The Hall–Kier alpha value is -1.35. The molecule has 1 fully saturated rings. The van der Waals surface area contributed by atoms with Crippen LogP contribution < -0.4 is 10.2 Å². The van der Waals surface area contributed by atoms with E-state index in [4.69, 9.17) is 0 Å². The minimum absolute atomic E-state index is 0.224. The first-order valence-electron chi connectivity index (χ1n) is 6.81. The van der Waals surface area contributed by atoms with Crippen LogP contribution in [0.2, 0.25) is 0 Å². The maximum Gasteiger partial charge on any atom is 0.228 e. The number of benzene rings is 1. The minimum Gasteiger partial charge on any atom is -0.319 e. The number of amides is 1. The highest BCUT2D eigenvalue weighted by molar-refractivity contribution is 5.93. The summed E-state index contributed by atoms with van der Waals surface area (Å²) in [6, 6.07) is 10.0. The van der Waals surface area contributed by atoms with Crippen LogP contribution in [-0.4, -0.2) is 26.0 Å². The van der Waals surface area contributed by atoms with E-state index in [1.807, 2.05) is 42.3 Å². The van der Waals surface area contributed by atoms with Gasteiger partial charge < -0.3 is 10.2 Å². The number of nitrogens with zero attached hydrogens (tertiary/aromatic N) is 1. The predicted molar refractivity (Wildman–Crippen MR) is 74.7 cm³/mol. The highest BCUT2D eigenvalue weighted by Crippen LogP contribution is 2.29. The Labute approximate surface area is 109 Å². The average molecular weight is 246 g/mol. The van der Waals surface area contributed by atoms with Crippen molar-refractivity contribution in [3.8, 4) is 0 Å². The predicted octanol–water partition coefficient (Wildman–Crippen LogP) is 2.43. The molecule has 1 aromatic carbocycles. The van der Waals surface area contributed by atoms with Crippen LogP contribution in [0.5, 0.6) is 0 Å². The Kier molecular flexibility index (Phi) is 4.76. The van der Waals surface area contributed by atoms with E-state index in [1.54, 1.807) is 0 Å². The van der Waals surface area contributed by atoms with Gasteiger partial charge in [0.25, 0.3) is 0 Å². The Balaban J connectivity index is 2.04. The largest absolute Gasteiger partial charge is 0.319 e. The lowest BCUT2D eigenvalue weighted by Crippen LogP contribution is -2.38. The standard InChI is InChI=1S/C15H22N2O/c1-16-11-10-15(18)17(12-13-6-5-7-13)14-8-3-2-4-9-14/h2-4,8-9,13,16H,5-7,10-12H2,1H3. The lowest BCUT2D eigenvalue weighted by molar-refractivity contribution is -0.118. The molecule has 0 atom stereocenters. The average Bonchev–Trinajstić information content (AvgIpc) is 2.36. The molecule has 0 saturated heterocycles. The molecular weight excluding hydrogens is 224 g/mol. The van der Waals surface area contributed by atoms with E-state index in [-0.39, 0.29) is 5.91 Å². The van der Waals surface area contributed by atoms with Crippen LogP contribution in [0.3, 0.4) is 0 Å². The maximum absolute atomic E-state index is 12.3. The summed E-state index contributed by atoms with van der Waals surface area (Å²) in [6.45, 7) is 1.62. The monoisotopic (exact) mass is 246 g/mol. The number of nitrogens with one attached hydrogen (secondary N) is 1. The molecule has 0 radical (unpaired) electrons. The van der Waals surface area contributed by atoms with Gasteiger partial charge in [0.15, 0.2) is 0 Å². The fourth-order valence-electron chi connectivity index (χ4n) is 2.26. The van der Waals surface area contributed by atoms with Gasteiger partial charge in [0, 0.05) is 25.2 Å². The van der Waals surface area contributed by atoms with Crippen LogP contribution in [-0.2, 0) is 4.79 Å². The fourth-order valence-corrected chi connectivity index (χ4v) is 2.26. The third kappa shape index (κ3) is 3.33. The van der Waals surface area contributed by atoms with Crippen LogP contribution in [0.4, 0.5) is 5.69 Å². The summed E-state index contributed by atoms with van der Waals surface area (Å²) in [5.41, 5.74) is 1.03. The van der Waals surface area contributed by atoms with Crippen molar-refractivity contribution in [1.29, 1.82) is 0 Å². The van der Waals surface area contributed by atoms with Crippen LogP contribution in [0, 0.1) is 5.92 Å². The molecule has 1 aliphatic carbocycles. The summed E-state index contributed by atoms with van der Waals surface area (Å²) in [5.74, 6) is 0.922. The van der Waals surface area contributed by atoms with Crippen molar-refractivity contribution in [2.24, 2.45) is 5.92 Å². The summed E-state index contributed by atoms with van der Waals surface area (Å²) in [6.07, 6.45) is 4.42. The third-order valence-electron chi connectivity index (χ3n) is 3.62. The zero-order valence-electron chi connectivity index (χ0n) is 11.1. The number of carbonyl (C=O) groups is 1. The van der Waals surface area contributed by atoms with Crippen molar-refractivity contribution in [3.05, 3.63) is 30.3 Å². The lowest BCUT2D eigenvalue weighted by Gasteiger charge is -2.32. The first-order chi connectivity index (χ1) is 8.81. The van der Waals surface area contributed by atoms with E-state index >= 15 is 0 Å². The topological polar surface area (TPSA) is 32.3 Å². The van der Waals surface area contributed by atoms with Crippen molar-refractivity contribution < 1.29 is 4.79 Å². The number of anilines is 1. The molecule has 98 valence electrons. The van der Waals surface area contributed by atoms with Gasteiger partial charge >= 0.3 is 0 Å². The van der Waals surface area contributed by atoms with Gasteiger partial charge in [-0.25, -0.2) is 0 Å². The zero-order valence-corrected chi connectivity index (χ0v) is 11.1. The van der Waals surface area contributed by atoms with Gasteiger partial charge in [0.05, 0.1) is 0 Å². The fraction of sp³-hybridized carbons (Fsp3) is 0.533. The van der Waals surface area contributed by atoms with Crippen LogP contribution in [0.15, 0.2) is 30.3 Å². The molecule has 3 nitrogen and oxygen atoms in total. The van der Waals surface area contributed by atoms with Gasteiger partial charge in [-0.15, -0.1) is 0 Å². The van der Waals surface area contributed by atoms with Crippen molar-refractivity contribution in [1.82, 2.24) is 5.32 Å². The molecule has 1 aromatic rings. The van der Waals surface area contributed by atoms with Crippen LogP contribution in [0.1, 0.15) is 25.7 Å². The first-order valence-corrected chi connectivity index (χ1v) is 6.81. The SMILES string of the molecule is CNCCC(=O)N(CC1CCC1)c1ccccc1. The van der Waals surface area contributed by atoms with E-state index in [2.05, 4.69) is 5.32 Å². The smallest absolute Gasteiger partial charge is 0.228 e. The van der Waals surface area contributed by atoms with E-state index in [0.717, 1.165) is 18.8 Å². The molecule has 18 heavy (non-hydrogen) atoms. The van der Waals surface area contributed by atoms with Crippen molar-refractivity contribution in [2.75, 3.05) is 25.0 Å². The number of carbonyl (C=O) groups excluding carboxylic acids is 1. The summed E-state index contributed by atoms with van der Waals surface area (Å²) in [7, 11) is 1.88. The summed E-state index contributed by atoms with van der Waals surface area (Å²) >= 11 is 0. The molecule has 0 heterocycles. The molecule has 3 heteroatoms. The second kappa shape index (κ2) is 6.55. The van der Waals surface area contributed by atoms with E-state index in [1.165, 1.54) is 19.3 Å². The van der Waals surface area contributed by atoms with Crippen molar-refractivity contribution in [3.63, 3.8) is 0 Å². The molecule has 1 saturated carbocycles. The summed E-state index contributed by atoms with van der Waals surface area (Å²) in [5, 5.41) is 3.04. The maximum atomic E-state index is 12.3. The molecule has 0 aromatic heterocycles. The quantitative estimate of drug-likeness (QED) is 0.836. The molecule has 0 aliphatic heterocycles. The molecule has 2 rings (SSSR count). The first kappa shape index (κ1) is 13.1. The van der Waals surface area contributed by atoms with Gasteiger partial charge in [-0.05, 0) is 37.9 Å². The molecule has 1 amide bonds. The number of rotatable bonds is 6. The van der Waals surface area contributed by atoms with Crippen LogP contribution >= 0.6 is 0 Å². The third-order valence-corrected chi connectivity index (χ3v) is 3.62. The van der Waals surface area contributed by atoms with Crippen LogP contribution in [0.25, 0.3) is 0 Å². The second-order valence-electron chi connectivity index (χ2n) is 4.99. The summed E-state index contributed by atoms with van der Waals surface area (Å²) in [4.78, 5) is 14.2. The van der Waals surface area contributed by atoms with E-state index in [9.17, 15) is 4.79 Å². The Morgan fingerprint density at radius 1 is 1.33 bits per heavy atom. The molecular formula is C15H22N2O. The van der Waals surface area contributed by atoms with Crippen molar-refractivity contribution in [2.45, 2.75) is 25.7 Å². The van der Waals surface area contributed by atoms with Gasteiger partial charge in [0.2, 0.25) is 5.91 Å². The normalized spacial score (nSPS) is 15.2. The van der Waals surface area contributed by atoms with Gasteiger partial charge in [0.1, 0.15) is 0 Å². The number of hydrogen-bond donors (Lipinski definition) is 1. The number of hydrogen-bond acceptors (Lipinski definition) is 2. The summed E-state index contributed by atoms with van der Waals surface area (Å²) < 4.78 is 0. The lowest BCUT2D eigenvalue weighted by atomic mass is 9.85. The zero-order chi connectivity index (χ0) is 12.8. The molecule has 1 N–H and O–H groups in total. The van der Waals surface area contributed by atoms with Gasteiger partial charge in [-0.1, -0.05) is 24.6 Å². The minimum atomic E-state index is 0.224. The van der Waals surface area contributed by atoms with E-state index < -0.39 is 0 Å². The van der Waals surface area contributed by atoms with Crippen molar-refractivity contribution >= 4 is 11.6 Å². The highest BCUT2D eigenvalue weighted by Gasteiger charge is 2.24. The van der Waals surface area contributed by atoms with E-state index in [0.29, 0.717) is 12.3 Å². The number of para-hydroxylation sites is 1. The molecule has 0 unspecified atom stereocenters. The Morgan fingerprint density at radius 3 is 2.61 bits per heavy atom. The molecule has 0 spiro atoms. The second-order valence-corrected chi connectivity index (χ2v) is 4.99. The molecule has 0 bridgehead atoms. The van der Waals surface area contributed by atoms with Gasteiger partial charge in [-0.2, -0.15) is 0 Å². The highest BCUT2D eigenvalue weighted by atomic mass is 16.2. The van der Waals surface area contributed by atoms with Gasteiger partial charge in [-0.3, -0.25) is 4.79 Å². The molecule has 1 aliphatic rings. The Bertz CT molecular complexity index is 373. The Morgan fingerprint density at radius 2 is 2.06 bits per heavy atom.